The maximum atomic E-state index is 12.0. The summed E-state index contributed by atoms with van der Waals surface area (Å²) < 4.78 is 36.2. The Hall–Kier alpha value is 0.0349. The summed E-state index contributed by atoms with van der Waals surface area (Å²) in [5.41, 5.74) is 0.643. The van der Waals surface area contributed by atoms with Crippen LogP contribution < -0.4 is 4.78 Å². The summed E-state index contributed by atoms with van der Waals surface area (Å²) in [5.74, 6) is 0. The normalized spacial score (nSPS) is 12.1. The van der Waals surface area contributed by atoms with Crippen molar-refractivity contribution in [1.29, 1.82) is 0 Å². The van der Waals surface area contributed by atoms with Gasteiger partial charge in [-0.05, 0) is 28.4 Å². The summed E-state index contributed by atoms with van der Waals surface area (Å²) in [6, 6.07) is 1.16. The van der Waals surface area contributed by atoms with Crippen LogP contribution in [0, 0.1) is 6.92 Å². The van der Waals surface area contributed by atoms with Crippen LogP contribution in [0.3, 0.4) is 0 Å². The Labute approximate surface area is 74.6 Å². The van der Waals surface area contributed by atoms with E-state index in [1.165, 1.54) is 0 Å². The predicted octanol–water partition coefficient (Wildman–Crippen LogP) is 2.87. The molecule has 0 radical (unpaired) electrons. The van der Waals surface area contributed by atoms with E-state index in [2.05, 4.69) is 15.9 Å². The molecule has 0 N–H and O–H groups in total. The lowest BCUT2D eigenvalue weighted by Crippen LogP contribution is -2.30. The molecule has 0 saturated carbocycles. The van der Waals surface area contributed by atoms with E-state index in [0.29, 0.717) is 9.35 Å². The van der Waals surface area contributed by atoms with Gasteiger partial charge in [0.05, 0.1) is 3.79 Å². The van der Waals surface area contributed by atoms with Crippen molar-refractivity contribution >= 4 is 39.0 Å². The zero-order chi connectivity index (χ0) is 8.65. The largest absolute Gasteiger partial charge is 0.519 e. The minimum absolute atomic E-state index is 0.491. The monoisotopic (exact) mass is 243 g/mol. The summed E-state index contributed by atoms with van der Waals surface area (Å²) >= 11 is 3.78. The van der Waals surface area contributed by atoms with E-state index in [1.807, 2.05) is 0 Å². The fraction of sp³-hybridized carbons (Fsp3) is 0.200. The number of rotatable bonds is 1. The Morgan fingerprint density at radius 3 is 2.18 bits per heavy atom. The minimum atomic E-state index is -4.81. The quantitative estimate of drug-likeness (QED) is 0.666. The highest BCUT2D eigenvalue weighted by molar-refractivity contribution is 9.11. The number of hydrogen-bond donors (Lipinski definition) is 0. The lowest BCUT2D eigenvalue weighted by Gasteiger charge is -2.09. The van der Waals surface area contributed by atoms with Crippen LogP contribution in [0.25, 0.3) is 0 Å². The maximum Gasteiger partial charge on any atom is 0.519 e. The van der Waals surface area contributed by atoms with Crippen molar-refractivity contribution in [2.24, 2.45) is 0 Å². The van der Waals surface area contributed by atoms with E-state index in [-0.39, 0.29) is 0 Å². The van der Waals surface area contributed by atoms with Crippen molar-refractivity contribution in [1.82, 2.24) is 0 Å². The Kier molecular flexibility index (Phi) is 2.34. The summed E-state index contributed by atoms with van der Waals surface area (Å²) in [5, 5.41) is 0. The first-order valence-corrected chi connectivity index (χ1v) is 4.48. The van der Waals surface area contributed by atoms with Crippen molar-refractivity contribution in [3.63, 3.8) is 0 Å². The van der Waals surface area contributed by atoms with Gasteiger partial charge >= 0.3 is 6.98 Å². The van der Waals surface area contributed by atoms with Crippen LogP contribution in [0.1, 0.15) is 5.56 Å². The molecule has 6 heteroatoms. The summed E-state index contributed by atoms with van der Waals surface area (Å²) in [6.07, 6.45) is 0. The molecule has 0 aromatic carbocycles. The molecule has 0 bridgehead atoms. The van der Waals surface area contributed by atoms with Crippen LogP contribution >= 0.6 is 27.3 Å². The van der Waals surface area contributed by atoms with Crippen LogP contribution in [0.5, 0.6) is 0 Å². The molecule has 0 aliphatic carbocycles. The van der Waals surface area contributed by atoms with E-state index in [9.17, 15) is 12.9 Å². The van der Waals surface area contributed by atoms with Crippen molar-refractivity contribution in [3.05, 3.63) is 15.4 Å². The maximum absolute atomic E-state index is 12.0. The van der Waals surface area contributed by atoms with Gasteiger partial charge in [-0.2, -0.15) is 11.3 Å². The molecule has 0 aliphatic rings. The molecule has 0 nitrogen and oxygen atoms in total. The van der Waals surface area contributed by atoms with E-state index < -0.39 is 11.8 Å². The molecule has 1 aromatic rings. The van der Waals surface area contributed by atoms with E-state index in [0.717, 1.165) is 17.4 Å². The summed E-state index contributed by atoms with van der Waals surface area (Å²) in [4.78, 5) is 0. The fourth-order valence-electron chi connectivity index (χ4n) is 0.645. The molecule has 0 aliphatic heterocycles. The number of hydrogen-bond acceptors (Lipinski definition) is 1. The third kappa shape index (κ3) is 1.99. The van der Waals surface area contributed by atoms with Gasteiger partial charge in [0.2, 0.25) is 0 Å². The molecular weight excluding hydrogens is 240 g/mol. The summed E-state index contributed by atoms with van der Waals surface area (Å²) in [6.45, 7) is -3.17. The van der Waals surface area contributed by atoms with Gasteiger partial charge in [0.25, 0.3) is 0 Å². The molecule has 0 atom stereocenters. The number of aryl methyl sites for hydroxylation is 1. The van der Waals surface area contributed by atoms with Crippen LogP contribution in [-0.2, 0) is 0 Å². The average molecular weight is 244 g/mol. The Morgan fingerprint density at radius 2 is 2.00 bits per heavy atom. The average Bonchev–Trinajstić information content (AvgIpc) is 2.11. The molecule has 0 saturated heterocycles. The van der Waals surface area contributed by atoms with Crippen molar-refractivity contribution < 1.29 is 12.9 Å². The van der Waals surface area contributed by atoms with Crippen LogP contribution in [-0.4, -0.2) is 6.98 Å². The van der Waals surface area contributed by atoms with Gasteiger partial charge in [-0.1, -0.05) is 10.8 Å². The smallest absolute Gasteiger partial charge is 0.444 e. The van der Waals surface area contributed by atoms with E-state index >= 15 is 0 Å². The van der Waals surface area contributed by atoms with Gasteiger partial charge in [-0.3, -0.25) is 0 Å². The Balaban J connectivity index is 3.08. The van der Waals surface area contributed by atoms with Crippen molar-refractivity contribution in [2.45, 2.75) is 6.92 Å². The fourth-order valence-corrected chi connectivity index (χ4v) is 2.12. The van der Waals surface area contributed by atoms with Gasteiger partial charge in [0, 0.05) is 0 Å². The van der Waals surface area contributed by atoms with E-state index in [4.69, 9.17) is 0 Å². The highest BCUT2D eigenvalue weighted by Crippen LogP contribution is 2.24. The molecule has 0 unspecified atom stereocenters. The third-order valence-corrected chi connectivity index (χ3v) is 3.43. The lowest BCUT2D eigenvalue weighted by atomic mass is 9.89. The SMILES string of the molecule is Cc1cc([B-](F)(F)F)sc1Br. The van der Waals surface area contributed by atoms with E-state index in [1.54, 1.807) is 6.92 Å². The zero-order valence-electron chi connectivity index (χ0n) is 5.57. The number of halogens is 4. The molecule has 0 amide bonds. The standard InChI is InChI=1S/C5H4BBrF3S/c1-3-2-4(6(8,9)10)11-5(3)7/h2H,1H3/q-1. The highest BCUT2D eigenvalue weighted by atomic mass is 79.9. The van der Waals surface area contributed by atoms with Crippen LogP contribution in [0.15, 0.2) is 9.85 Å². The van der Waals surface area contributed by atoms with Gasteiger partial charge in [0.1, 0.15) is 0 Å². The van der Waals surface area contributed by atoms with Crippen molar-refractivity contribution in [2.75, 3.05) is 0 Å². The molecule has 62 valence electrons. The van der Waals surface area contributed by atoms with Crippen LogP contribution in [0.2, 0.25) is 0 Å². The second-order valence-corrected chi connectivity index (χ2v) is 4.58. The Morgan fingerprint density at radius 1 is 1.45 bits per heavy atom. The molecular formula is C5H4BBrF3S-. The predicted molar refractivity (Wildman–Crippen MR) is 45.5 cm³/mol. The highest BCUT2D eigenvalue weighted by Gasteiger charge is 2.27. The third-order valence-electron chi connectivity index (χ3n) is 1.20. The Bertz CT molecular complexity index is 248. The first-order chi connectivity index (χ1) is 4.91. The molecule has 0 spiro atoms. The lowest BCUT2D eigenvalue weighted by molar-refractivity contribution is 0.503. The first-order valence-electron chi connectivity index (χ1n) is 2.87. The van der Waals surface area contributed by atoms with Crippen molar-refractivity contribution in [3.8, 4) is 0 Å². The first kappa shape index (κ1) is 9.13. The second kappa shape index (κ2) is 2.82. The molecule has 0 fully saturated rings. The topological polar surface area (TPSA) is 0 Å². The number of thiophene rings is 1. The second-order valence-electron chi connectivity index (χ2n) is 2.18. The molecule has 1 rings (SSSR count). The van der Waals surface area contributed by atoms with Gasteiger partial charge < -0.3 is 12.9 Å². The summed E-state index contributed by atoms with van der Waals surface area (Å²) in [7, 11) is 0. The van der Waals surface area contributed by atoms with Gasteiger partial charge in [0.15, 0.2) is 0 Å². The van der Waals surface area contributed by atoms with Crippen LogP contribution in [0.4, 0.5) is 12.9 Å². The molecule has 1 heterocycles. The van der Waals surface area contributed by atoms with Gasteiger partial charge in [-0.15, -0.1) is 0 Å². The molecule has 1 aromatic heterocycles. The molecule has 11 heavy (non-hydrogen) atoms. The zero-order valence-corrected chi connectivity index (χ0v) is 7.98. The minimum Gasteiger partial charge on any atom is -0.444 e. The van der Waals surface area contributed by atoms with Gasteiger partial charge in [-0.25, -0.2) is 0 Å².